The average Bonchev–Trinajstić information content (AvgIpc) is 2.37. The lowest BCUT2D eigenvalue weighted by Gasteiger charge is -2.12. The fourth-order valence-electron chi connectivity index (χ4n) is 1.77. The number of ether oxygens (including phenoxy) is 1. The summed E-state index contributed by atoms with van der Waals surface area (Å²) in [6.45, 7) is 3.61. The predicted molar refractivity (Wildman–Crippen MR) is 71.9 cm³/mol. The topological polar surface area (TPSA) is 9.23 Å². The van der Waals surface area contributed by atoms with Crippen molar-refractivity contribution in [2.24, 2.45) is 0 Å². The zero-order chi connectivity index (χ0) is 14.0. The molecule has 100 valence electrons. The van der Waals surface area contributed by atoms with Crippen molar-refractivity contribution in [2.45, 2.75) is 19.7 Å². The third-order valence-electron chi connectivity index (χ3n) is 2.80. The highest BCUT2D eigenvalue weighted by molar-refractivity contribution is 6.17. The van der Waals surface area contributed by atoms with Crippen molar-refractivity contribution < 1.29 is 13.5 Å². The van der Waals surface area contributed by atoms with Crippen molar-refractivity contribution in [1.29, 1.82) is 0 Å². The fourth-order valence-corrected chi connectivity index (χ4v) is 1.98. The Kier molecular flexibility index (Phi) is 4.05. The quantitative estimate of drug-likeness (QED) is 0.711. The molecule has 19 heavy (non-hydrogen) atoms. The van der Waals surface area contributed by atoms with Crippen LogP contribution >= 0.6 is 11.6 Å². The van der Waals surface area contributed by atoms with Crippen LogP contribution in [-0.2, 0) is 5.88 Å². The van der Waals surface area contributed by atoms with E-state index in [1.807, 2.05) is 19.1 Å². The average molecular weight is 283 g/mol. The molecular weight excluding hydrogens is 270 g/mol. The molecule has 0 atom stereocenters. The van der Waals surface area contributed by atoms with Gasteiger partial charge >= 0.3 is 0 Å². The van der Waals surface area contributed by atoms with Gasteiger partial charge in [0.05, 0.1) is 5.88 Å². The monoisotopic (exact) mass is 282 g/mol. The first-order valence-corrected chi connectivity index (χ1v) is 6.33. The molecule has 0 saturated carbocycles. The minimum Gasteiger partial charge on any atom is -0.457 e. The summed E-state index contributed by atoms with van der Waals surface area (Å²) in [5.41, 5.74) is 2.40. The van der Waals surface area contributed by atoms with Crippen LogP contribution in [0.3, 0.4) is 0 Å². The summed E-state index contributed by atoms with van der Waals surface area (Å²) in [6, 6.07) is 7.70. The third kappa shape index (κ3) is 3.04. The highest BCUT2D eigenvalue weighted by atomic mass is 35.5. The number of benzene rings is 2. The van der Waals surface area contributed by atoms with Crippen molar-refractivity contribution in [3.8, 4) is 11.5 Å². The molecule has 0 saturated heterocycles. The molecule has 0 unspecified atom stereocenters. The summed E-state index contributed by atoms with van der Waals surface area (Å²) < 4.78 is 31.9. The second-order valence-electron chi connectivity index (χ2n) is 4.38. The Bertz CT molecular complexity index is 611. The maximum atomic E-state index is 13.2. The Morgan fingerprint density at radius 1 is 1.00 bits per heavy atom. The largest absolute Gasteiger partial charge is 0.457 e. The molecule has 4 heteroatoms. The summed E-state index contributed by atoms with van der Waals surface area (Å²) in [6.07, 6.45) is 0. The second-order valence-corrected chi connectivity index (χ2v) is 4.65. The van der Waals surface area contributed by atoms with Gasteiger partial charge < -0.3 is 4.74 Å². The molecule has 2 rings (SSSR count). The minimum absolute atomic E-state index is 0.286. The molecule has 0 radical (unpaired) electrons. The summed E-state index contributed by atoms with van der Waals surface area (Å²) in [5.74, 6) is -0.685. The van der Waals surface area contributed by atoms with Crippen LogP contribution in [0.5, 0.6) is 11.5 Å². The molecule has 0 aliphatic heterocycles. The van der Waals surface area contributed by atoms with Crippen LogP contribution in [0.15, 0.2) is 30.3 Å². The fraction of sp³-hybridized carbons (Fsp3) is 0.200. The Morgan fingerprint density at radius 2 is 1.68 bits per heavy atom. The Labute approximate surface area is 115 Å². The summed E-state index contributed by atoms with van der Waals surface area (Å²) >= 11 is 5.85. The van der Waals surface area contributed by atoms with Gasteiger partial charge in [-0.25, -0.2) is 8.78 Å². The van der Waals surface area contributed by atoms with E-state index in [2.05, 4.69) is 0 Å². The van der Waals surface area contributed by atoms with Gasteiger partial charge in [0.1, 0.15) is 11.5 Å². The van der Waals surface area contributed by atoms with E-state index in [9.17, 15) is 8.78 Å². The molecule has 0 aliphatic carbocycles. The lowest BCUT2D eigenvalue weighted by atomic mass is 10.1. The lowest BCUT2D eigenvalue weighted by Crippen LogP contribution is -1.95. The highest BCUT2D eigenvalue weighted by Crippen LogP contribution is 2.30. The van der Waals surface area contributed by atoms with E-state index in [0.29, 0.717) is 17.2 Å². The van der Waals surface area contributed by atoms with E-state index in [1.54, 1.807) is 13.0 Å². The van der Waals surface area contributed by atoms with Gasteiger partial charge in [-0.05, 0) is 31.5 Å². The van der Waals surface area contributed by atoms with E-state index in [0.717, 1.165) is 23.3 Å². The molecule has 0 aromatic heterocycles. The minimum atomic E-state index is -0.930. The first-order chi connectivity index (χ1) is 9.01. The van der Waals surface area contributed by atoms with Crippen LogP contribution in [0.4, 0.5) is 8.78 Å². The van der Waals surface area contributed by atoms with Gasteiger partial charge in [0.25, 0.3) is 0 Å². The van der Waals surface area contributed by atoms with Gasteiger partial charge in [0.15, 0.2) is 11.6 Å². The normalized spacial score (nSPS) is 10.6. The zero-order valence-corrected chi connectivity index (χ0v) is 11.4. The van der Waals surface area contributed by atoms with E-state index in [-0.39, 0.29) is 5.75 Å². The van der Waals surface area contributed by atoms with Crippen molar-refractivity contribution in [3.63, 3.8) is 0 Å². The van der Waals surface area contributed by atoms with Gasteiger partial charge in [-0.3, -0.25) is 0 Å². The molecule has 0 bridgehead atoms. The molecule has 0 spiro atoms. The van der Waals surface area contributed by atoms with E-state index in [1.165, 1.54) is 0 Å². The van der Waals surface area contributed by atoms with Crippen molar-refractivity contribution in [1.82, 2.24) is 0 Å². The van der Waals surface area contributed by atoms with Gasteiger partial charge in [-0.15, -0.1) is 11.6 Å². The van der Waals surface area contributed by atoms with Crippen LogP contribution in [0.25, 0.3) is 0 Å². The molecular formula is C15H13ClF2O. The SMILES string of the molecule is Cc1ccc(Oc2cc(F)c(F)cc2C)c(CCl)c1. The van der Waals surface area contributed by atoms with Crippen LogP contribution in [0, 0.1) is 25.5 Å². The van der Waals surface area contributed by atoms with Crippen LogP contribution in [0.1, 0.15) is 16.7 Å². The van der Waals surface area contributed by atoms with Crippen molar-refractivity contribution in [3.05, 3.63) is 58.7 Å². The number of halogens is 3. The van der Waals surface area contributed by atoms with Crippen molar-refractivity contribution >= 4 is 11.6 Å². The Balaban J connectivity index is 2.39. The maximum Gasteiger partial charge on any atom is 0.162 e. The van der Waals surface area contributed by atoms with Crippen LogP contribution < -0.4 is 4.74 Å². The van der Waals surface area contributed by atoms with Crippen molar-refractivity contribution in [2.75, 3.05) is 0 Å². The number of aryl methyl sites for hydroxylation is 2. The third-order valence-corrected chi connectivity index (χ3v) is 3.09. The number of rotatable bonds is 3. The van der Waals surface area contributed by atoms with Gasteiger partial charge in [0.2, 0.25) is 0 Å². The molecule has 0 amide bonds. The predicted octanol–water partition coefficient (Wildman–Crippen LogP) is 5.11. The molecule has 2 aromatic rings. The van der Waals surface area contributed by atoms with Gasteiger partial charge in [-0.2, -0.15) is 0 Å². The Morgan fingerprint density at radius 3 is 2.37 bits per heavy atom. The maximum absolute atomic E-state index is 13.2. The summed E-state index contributed by atoms with van der Waals surface area (Å²) in [5, 5.41) is 0. The van der Waals surface area contributed by atoms with E-state index >= 15 is 0 Å². The summed E-state index contributed by atoms with van der Waals surface area (Å²) in [4.78, 5) is 0. The van der Waals surface area contributed by atoms with Crippen LogP contribution in [-0.4, -0.2) is 0 Å². The first-order valence-electron chi connectivity index (χ1n) is 5.80. The lowest BCUT2D eigenvalue weighted by molar-refractivity contribution is 0.454. The Hall–Kier alpha value is -1.61. The number of alkyl halides is 1. The number of hydrogen-bond acceptors (Lipinski definition) is 1. The molecule has 2 aromatic carbocycles. The van der Waals surface area contributed by atoms with E-state index < -0.39 is 11.6 Å². The van der Waals surface area contributed by atoms with E-state index in [4.69, 9.17) is 16.3 Å². The smallest absolute Gasteiger partial charge is 0.162 e. The zero-order valence-electron chi connectivity index (χ0n) is 10.6. The molecule has 1 nitrogen and oxygen atoms in total. The standard InChI is InChI=1S/C15H13ClF2O/c1-9-3-4-14(11(5-9)8-16)19-15-7-13(18)12(17)6-10(15)2/h3-7H,8H2,1-2H3. The second kappa shape index (κ2) is 5.57. The first kappa shape index (κ1) is 13.8. The molecule has 0 aliphatic rings. The molecule has 0 heterocycles. The van der Waals surface area contributed by atoms with Gasteiger partial charge in [0, 0.05) is 11.6 Å². The summed E-state index contributed by atoms with van der Waals surface area (Å²) in [7, 11) is 0. The van der Waals surface area contributed by atoms with Crippen LogP contribution in [0.2, 0.25) is 0 Å². The highest BCUT2D eigenvalue weighted by Gasteiger charge is 2.11. The van der Waals surface area contributed by atoms with Gasteiger partial charge in [-0.1, -0.05) is 17.7 Å². The number of hydrogen-bond donors (Lipinski definition) is 0. The molecule has 0 fully saturated rings. The molecule has 0 N–H and O–H groups in total.